The van der Waals surface area contributed by atoms with Crippen LogP contribution >= 0.6 is 72.0 Å². The van der Waals surface area contributed by atoms with E-state index in [-0.39, 0.29) is 11.2 Å². The number of phenolic OH excluding ortho intramolecular Hbond substituents is 1. The van der Waals surface area contributed by atoms with Gasteiger partial charge in [-0.15, -0.1) is 0 Å². The molecule has 12 heteroatoms. The van der Waals surface area contributed by atoms with E-state index >= 15 is 0 Å². The molecule has 0 unspecified atom stereocenters. The van der Waals surface area contributed by atoms with Crippen molar-refractivity contribution in [3.8, 4) is 17.2 Å². The van der Waals surface area contributed by atoms with Crippen LogP contribution in [0.2, 0.25) is 0 Å². The number of rotatable bonds is 2. The van der Waals surface area contributed by atoms with Gasteiger partial charge in [0.05, 0.1) is 0 Å². The first-order chi connectivity index (χ1) is 13.5. The Morgan fingerprint density at radius 2 is 1.57 bits per heavy atom. The zero-order chi connectivity index (χ0) is 19.4. The van der Waals surface area contributed by atoms with E-state index < -0.39 is 24.7 Å². The molecule has 3 heterocycles. The van der Waals surface area contributed by atoms with Crippen LogP contribution in [0.4, 0.5) is 0 Å². The Bertz CT molecular complexity index is 1120. The SMILES string of the molecule is O=c1c(Br)cc2nc3cc(Br)c(O)c([As]4SCCS4)c3oc-2c1[As]1SCCS1. The summed E-state index contributed by atoms with van der Waals surface area (Å²) in [6.07, 6.45) is 0. The quantitative estimate of drug-likeness (QED) is 0.319. The number of aromatic hydroxyl groups is 1. The Balaban J connectivity index is 1.85. The molecule has 146 valence electrons. The molecule has 4 nitrogen and oxygen atoms in total. The predicted octanol–water partition coefficient (Wildman–Crippen LogP) is 3.87. The molecule has 0 radical (unpaired) electrons. The third kappa shape index (κ3) is 3.66. The van der Waals surface area contributed by atoms with Gasteiger partial charge >= 0.3 is 202 Å². The van der Waals surface area contributed by atoms with E-state index in [1.807, 2.05) is 46.2 Å². The molecule has 2 saturated heterocycles. The molecule has 1 aromatic carbocycles. The van der Waals surface area contributed by atoms with Crippen molar-refractivity contribution >= 4 is 116 Å². The maximum absolute atomic E-state index is 13.0. The minimum atomic E-state index is -1.59. The molecule has 0 atom stereocenters. The van der Waals surface area contributed by atoms with E-state index in [4.69, 9.17) is 9.40 Å². The number of phenols is 1. The Hall–Kier alpha value is 1.12. The van der Waals surface area contributed by atoms with Crippen molar-refractivity contribution in [3.63, 3.8) is 0 Å². The fraction of sp³-hybridized carbons (Fsp3) is 0.250. The molecule has 28 heavy (non-hydrogen) atoms. The first-order valence-corrected chi connectivity index (χ1v) is 24.6. The second kappa shape index (κ2) is 8.57. The van der Waals surface area contributed by atoms with Gasteiger partial charge in [-0.3, -0.25) is 0 Å². The molecule has 1 N–H and O–H groups in total. The second-order valence-electron chi connectivity index (χ2n) is 5.85. The summed E-state index contributed by atoms with van der Waals surface area (Å²) in [5.41, 5.74) is 2.11. The summed E-state index contributed by atoms with van der Waals surface area (Å²) in [6.45, 7) is 0. The van der Waals surface area contributed by atoms with Crippen LogP contribution in [0.3, 0.4) is 0 Å². The summed E-state index contributed by atoms with van der Waals surface area (Å²) >= 11 is 3.78. The van der Waals surface area contributed by atoms with E-state index in [1.54, 1.807) is 6.07 Å². The Morgan fingerprint density at radius 1 is 0.964 bits per heavy atom. The van der Waals surface area contributed by atoms with Crippen LogP contribution in [-0.4, -0.2) is 57.8 Å². The molecule has 1 aromatic rings. The van der Waals surface area contributed by atoms with Crippen LogP contribution in [0.15, 0.2) is 30.3 Å². The van der Waals surface area contributed by atoms with Gasteiger partial charge in [0.1, 0.15) is 0 Å². The van der Waals surface area contributed by atoms with Crippen LogP contribution in [0.1, 0.15) is 0 Å². The molecule has 1 aliphatic carbocycles. The van der Waals surface area contributed by atoms with E-state index in [2.05, 4.69) is 31.9 Å². The van der Waals surface area contributed by atoms with Gasteiger partial charge in [0, 0.05) is 0 Å². The minimum absolute atomic E-state index is 0.0321. The Kier molecular flexibility index (Phi) is 6.42. The molecule has 0 spiro atoms. The van der Waals surface area contributed by atoms with Crippen LogP contribution in [0.25, 0.3) is 22.6 Å². The van der Waals surface area contributed by atoms with Gasteiger partial charge in [0.25, 0.3) is 0 Å². The summed E-state index contributed by atoms with van der Waals surface area (Å²) in [7, 11) is 7.73. The third-order valence-electron chi connectivity index (χ3n) is 4.12. The summed E-state index contributed by atoms with van der Waals surface area (Å²) in [5, 5.41) is 10.8. The molecule has 2 fully saturated rings. The van der Waals surface area contributed by atoms with Crippen molar-refractivity contribution in [2.75, 3.05) is 23.0 Å². The topological polar surface area (TPSA) is 63.3 Å². The zero-order valence-corrected chi connectivity index (χ0v) is 24.2. The fourth-order valence-electron chi connectivity index (χ4n) is 2.93. The van der Waals surface area contributed by atoms with Crippen molar-refractivity contribution in [1.29, 1.82) is 0 Å². The first kappa shape index (κ1) is 21.0. The average Bonchev–Trinajstić information content (AvgIpc) is 3.37. The first-order valence-electron chi connectivity index (χ1n) is 8.15. The maximum atomic E-state index is 13.0. The number of benzene rings is 2. The molecule has 0 amide bonds. The molecule has 0 bridgehead atoms. The van der Waals surface area contributed by atoms with Crippen LogP contribution in [-0.2, 0) is 0 Å². The van der Waals surface area contributed by atoms with Crippen molar-refractivity contribution in [2.24, 2.45) is 0 Å². The molecular formula is C16H11As2Br2NO3S4. The normalized spacial score (nSPS) is 18.6. The monoisotopic (exact) mass is 701 g/mol. The van der Waals surface area contributed by atoms with E-state index in [0.717, 1.165) is 37.2 Å². The van der Waals surface area contributed by atoms with Crippen molar-refractivity contribution in [3.05, 3.63) is 31.3 Å². The summed E-state index contributed by atoms with van der Waals surface area (Å²) < 4.78 is 9.39. The molecule has 5 rings (SSSR count). The molecule has 0 saturated carbocycles. The summed E-state index contributed by atoms with van der Waals surface area (Å²) in [5.74, 6) is 5.26. The zero-order valence-electron chi connectivity index (χ0n) is 14.0. The number of halogens is 2. The van der Waals surface area contributed by atoms with Crippen molar-refractivity contribution in [2.45, 2.75) is 0 Å². The number of hydrogen-bond acceptors (Lipinski definition) is 8. The van der Waals surface area contributed by atoms with E-state index in [1.165, 1.54) is 0 Å². The Morgan fingerprint density at radius 3 is 2.21 bits per heavy atom. The molecule has 4 aliphatic rings. The predicted molar refractivity (Wildman–Crippen MR) is 135 cm³/mol. The number of aromatic nitrogens is 1. The molecule has 3 aliphatic heterocycles. The number of nitrogens with zero attached hydrogens (tertiary/aromatic N) is 1. The van der Waals surface area contributed by atoms with Gasteiger partial charge in [-0.1, -0.05) is 0 Å². The van der Waals surface area contributed by atoms with Gasteiger partial charge in [-0.05, 0) is 0 Å². The van der Waals surface area contributed by atoms with Gasteiger partial charge in [0.15, 0.2) is 0 Å². The van der Waals surface area contributed by atoms with E-state index in [9.17, 15) is 9.90 Å². The van der Waals surface area contributed by atoms with Crippen molar-refractivity contribution in [1.82, 2.24) is 4.98 Å². The van der Waals surface area contributed by atoms with E-state index in [0.29, 0.717) is 26.0 Å². The van der Waals surface area contributed by atoms with Gasteiger partial charge in [-0.25, -0.2) is 0 Å². The van der Waals surface area contributed by atoms with Crippen LogP contribution in [0, 0.1) is 0 Å². The molecular weight excluding hydrogens is 692 g/mol. The number of hydrogen-bond donors (Lipinski definition) is 1. The standard InChI is InChI=1S/C16H11As2Br2NO3S4/c19-7-5-9-15(11(13(7)22)17-25-1-2-26-17)24-16-10(21-9)6-8(20)14(23)12(16)18-27-3-4-28-18/h5-6,22H,1-4H2. The van der Waals surface area contributed by atoms with Crippen molar-refractivity contribution < 1.29 is 9.52 Å². The van der Waals surface area contributed by atoms with Gasteiger partial charge in [0.2, 0.25) is 0 Å². The average molecular weight is 703 g/mol. The third-order valence-corrected chi connectivity index (χ3v) is 32.4. The molecule has 0 aromatic heterocycles. The Labute approximate surface area is 200 Å². The summed E-state index contributed by atoms with van der Waals surface area (Å²) in [6, 6.07) is 3.58. The number of fused-ring (bicyclic) bond motifs is 2. The summed E-state index contributed by atoms with van der Waals surface area (Å²) in [4.78, 5) is 17.8. The second-order valence-corrected chi connectivity index (χ2v) is 30.8. The van der Waals surface area contributed by atoms with Crippen LogP contribution in [0.5, 0.6) is 5.75 Å². The van der Waals surface area contributed by atoms with Gasteiger partial charge in [-0.2, -0.15) is 0 Å². The fourth-order valence-corrected chi connectivity index (χ4v) is 34.0. The van der Waals surface area contributed by atoms with Gasteiger partial charge < -0.3 is 0 Å². The van der Waals surface area contributed by atoms with Crippen LogP contribution < -0.4 is 14.1 Å².